The van der Waals surface area contributed by atoms with E-state index in [1.54, 1.807) is 25.3 Å². The van der Waals surface area contributed by atoms with Crippen molar-refractivity contribution in [1.29, 1.82) is 0 Å². The quantitative estimate of drug-likeness (QED) is 0.357. The highest BCUT2D eigenvalue weighted by atomic mass is 16.5. The zero-order chi connectivity index (χ0) is 24.8. The van der Waals surface area contributed by atoms with Gasteiger partial charge in [0.25, 0.3) is 5.91 Å². The molecule has 0 fully saturated rings. The predicted molar refractivity (Wildman–Crippen MR) is 133 cm³/mol. The van der Waals surface area contributed by atoms with Gasteiger partial charge in [-0.1, -0.05) is 31.5 Å². The molecule has 1 atom stereocenters. The van der Waals surface area contributed by atoms with Gasteiger partial charge in [0.15, 0.2) is 11.5 Å². The lowest BCUT2D eigenvalue weighted by Gasteiger charge is -2.27. The summed E-state index contributed by atoms with van der Waals surface area (Å²) in [4.78, 5) is 15.3. The number of phenolic OH excluding ortho intramolecular Hbond substituents is 1. The second-order valence-corrected chi connectivity index (χ2v) is 8.44. The third-order valence-electron chi connectivity index (χ3n) is 6.17. The van der Waals surface area contributed by atoms with E-state index in [-0.39, 0.29) is 11.7 Å². The van der Waals surface area contributed by atoms with E-state index in [2.05, 4.69) is 17.1 Å². The summed E-state index contributed by atoms with van der Waals surface area (Å²) in [7, 11) is 1.61. The lowest BCUT2D eigenvalue weighted by Crippen LogP contribution is -2.31. The van der Waals surface area contributed by atoms with Crippen LogP contribution in [0.2, 0.25) is 0 Å². The van der Waals surface area contributed by atoms with E-state index < -0.39 is 6.04 Å². The number of ether oxygens (including phenoxy) is 3. The number of H-pyrrole nitrogens is 1. The van der Waals surface area contributed by atoms with Gasteiger partial charge in [-0.25, -0.2) is 0 Å². The summed E-state index contributed by atoms with van der Waals surface area (Å²) < 4.78 is 17.1. The highest BCUT2D eigenvalue weighted by Crippen LogP contribution is 2.45. The molecular formula is C27H33N3O5. The first-order valence-electron chi connectivity index (χ1n) is 12.2. The number of aromatic nitrogens is 2. The zero-order valence-electron chi connectivity index (χ0n) is 20.5. The number of hydrogen-bond donors (Lipinski definition) is 2. The van der Waals surface area contributed by atoms with Gasteiger partial charge < -0.3 is 24.2 Å². The predicted octanol–water partition coefficient (Wildman–Crippen LogP) is 4.94. The molecule has 0 aliphatic carbocycles. The molecule has 35 heavy (non-hydrogen) atoms. The number of rotatable bonds is 12. The lowest BCUT2D eigenvalue weighted by atomic mass is 9.95. The van der Waals surface area contributed by atoms with Crippen LogP contribution in [0.15, 0.2) is 42.5 Å². The highest BCUT2D eigenvalue weighted by Gasteiger charge is 2.42. The number of unbranched alkanes of at least 4 members (excludes halogenated alkanes) is 1. The number of nitrogens with one attached hydrogen (secondary N) is 1. The van der Waals surface area contributed by atoms with E-state index in [0.29, 0.717) is 61.2 Å². The number of fused-ring (bicyclic) bond motifs is 1. The maximum Gasteiger partial charge on any atom is 0.273 e. The van der Waals surface area contributed by atoms with Crippen molar-refractivity contribution in [3.63, 3.8) is 0 Å². The Kier molecular flexibility index (Phi) is 7.92. The standard InChI is InChI=1S/C27H33N3O5/c1-4-6-16-35-21-13-12-18(17-22(21)33-3)26-23-24(19-10-7-8-11-20(19)31)28-29-25(23)27(32)30(26)14-9-15-34-5-2/h7-8,10-13,17,26,31H,4-6,9,14-16H2,1-3H3,(H,28,29). The molecule has 4 rings (SSSR count). The minimum atomic E-state index is -0.397. The monoisotopic (exact) mass is 479 g/mol. The molecule has 2 aromatic carbocycles. The summed E-state index contributed by atoms with van der Waals surface area (Å²) in [5.74, 6) is 1.27. The van der Waals surface area contributed by atoms with Crippen molar-refractivity contribution in [3.05, 3.63) is 59.3 Å². The second-order valence-electron chi connectivity index (χ2n) is 8.44. The van der Waals surface area contributed by atoms with Crippen molar-refractivity contribution >= 4 is 5.91 Å². The maximum atomic E-state index is 13.5. The zero-order valence-corrected chi connectivity index (χ0v) is 20.5. The molecule has 0 saturated carbocycles. The Morgan fingerprint density at radius 1 is 1.09 bits per heavy atom. The Hall–Kier alpha value is -3.52. The van der Waals surface area contributed by atoms with Gasteiger partial charge in [-0.15, -0.1) is 0 Å². The molecule has 1 unspecified atom stereocenters. The van der Waals surface area contributed by atoms with Gasteiger partial charge in [-0.2, -0.15) is 5.10 Å². The van der Waals surface area contributed by atoms with Crippen LogP contribution >= 0.6 is 0 Å². The van der Waals surface area contributed by atoms with Crippen molar-refractivity contribution in [2.45, 2.75) is 39.2 Å². The summed E-state index contributed by atoms with van der Waals surface area (Å²) in [5, 5.41) is 17.9. The van der Waals surface area contributed by atoms with E-state index in [4.69, 9.17) is 14.2 Å². The van der Waals surface area contributed by atoms with Gasteiger partial charge in [-0.3, -0.25) is 9.89 Å². The smallest absolute Gasteiger partial charge is 0.273 e. The van der Waals surface area contributed by atoms with Crippen LogP contribution in [0.25, 0.3) is 11.3 Å². The molecule has 1 aliphatic rings. The SMILES string of the molecule is CCCCOc1ccc(C2c3c(-c4ccccc4O)n[nH]c3C(=O)N2CCCOCC)cc1OC. The van der Waals surface area contributed by atoms with E-state index in [0.717, 1.165) is 24.0 Å². The number of para-hydroxylation sites is 1. The molecule has 0 spiro atoms. The molecular weight excluding hydrogens is 446 g/mol. The van der Waals surface area contributed by atoms with Gasteiger partial charge in [0, 0.05) is 30.9 Å². The number of hydrogen-bond acceptors (Lipinski definition) is 6. The van der Waals surface area contributed by atoms with E-state index in [1.165, 1.54) is 0 Å². The summed E-state index contributed by atoms with van der Waals surface area (Å²) in [6.45, 7) is 6.40. The van der Waals surface area contributed by atoms with Crippen molar-refractivity contribution < 1.29 is 24.1 Å². The number of carbonyl (C=O) groups is 1. The molecule has 0 radical (unpaired) electrons. The summed E-state index contributed by atoms with van der Waals surface area (Å²) in [6, 6.07) is 12.4. The molecule has 0 bridgehead atoms. The normalized spacial score (nSPS) is 14.9. The fourth-order valence-corrected chi connectivity index (χ4v) is 4.43. The fraction of sp³-hybridized carbons (Fsp3) is 0.407. The molecule has 1 amide bonds. The van der Waals surface area contributed by atoms with Crippen LogP contribution in [0.3, 0.4) is 0 Å². The number of nitrogens with zero attached hydrogens (tertiary/aromatic N) is 2. The molecule has 2 heterocycles. The van der Waals surface area contributed by atoms with Crippen LogP contribution in [-0.4, -0.2) is 59.6 Å². The highest BCUT2D eigenvalue weighted by molar-refractivity contribution is 6.00. The Bertz CT molecular complexity index is 1160. The van der Waals surface area contributed by atoms with Crippen LogP contribution in [-0.2, 0) is 4.74 Å². The number of carbonyl (C=O) groups excluding carboxylic acids is 1. The Morgan fingerprint density at radius 2 is 1.91 bits per heavy atom. The van der Waals surface area contributed by atoms with Crippen LogP contribution in [0, 0.1) is 0 Å². The average molecular weight is 480 g/mol. The second kappa shape index (κ2) is 11.3. The Labute approximate surface area is 205 Å². The first-order chi connectivity index (χ1) is 17.1. The van der Waals surface area contributed by atoms with Gasteiger partial charge >= 0.3 is 0 Å². The van der Waals surface area contributed by atoms with Crippen LogP contribution in [0.1, 0.15) is 60.8 Å². The average Bonchev–Trinajstić information content (AvgIpc) is 3.41. The number of aromatic hydroxyl groups is 1. The number of benzene rings is 2. The molecule has 1 aliphatic heterocycles. The van der Waals surface area contributed by atoms with Crippen molar-refractivity contribution in [2.24, 2.45) is 0 Å². The van der Waals surface area contributed by atoms with Crippen LogP contribution < -0.4 is 9.47 Å². The number of amides is 1. The molecule has 2 N–H and O–H groups in total. The molecule has 1 aromatic heterocycles. The topological polar surface area (TPSA) is 96.9 Å². The Balaban J connectivity index is 1.76. The lowest BCUT2D eigenvalue weighted by molar-refractivity contribution is 0.0710. The van der Waals surface area contributed by atoms with Gasteiger partial charge in [-0.05, 0) is 49.6 Å². The molecule has 3 aromatic rings. The first-order valence-corrected chi connectivity index (χ1v) is 12.2. The maximum absolute atomic E-state index is 13.5. The van der Waals surface area contributed by atoms with E-state index >= 15 is 0 Å². The summed E-state index contributed by atoms with van der Waals surface area (Å²) in [5.41, 5.74) is 3.20. The van der Waals surface area contributed by atoms with Gasteiger partial charge in [0.05, 0.1) is 19.8 Å². The molecule has 8 nitrogen and oxygen atoms in total. The van der Waals surface area contributed by atoms with Gasteiger partial charge in [0.1, 0.15) is 17.1 Å². The van der Waals surface area contributed by atoms with Crippen molar-refractivity contribution in [1.82, 2.24) is 15.1 Å². The largest absolute Gasteiger partial charge is 0.507 e. The van der Waals surface area contributed by atoms with Crippen LogP contribution in [0.5, 0.6) is 17.2 Å². The summed E-state index contributed by atoms with van der Waals surface area (Å²) >= 11 is 0. The molecule has 0 saturated heterocycles. The van der Waals surface area contributed by atoms with Gasteiger partial charge in [0.2, 0.25) is 0 Å². The van der Waals surface area contributed by atoms with E-state index in [1.807, 2.05) is 36.1 Å². The molecule has 186 valence electrons. The van der Waals surface area contributed by atoms with Crippen molar-refractivity contribution in [2.75, 3.05) is 33.5 Å². The fourth-order valence-electron chi connectivity index (χ4n) is 4.43. The van der Waals surface area contributed by atoms with Crippen LogP contribution in [0.4, 0.5) is 0 Å². The number of methoxy groups -OCH3 is 1. The molecule has 8 heteroatoms. The first kappa shape index (κ1) is 24.6. The minimum absolute atomic E-state index is 0.111. The third-order valence-corrected chi connectivity index (χ3v) is 6.17. The Morgan fingerprint density at radius 3 is 2.66 bits per heavy atom. The van der Waals surface area contributed by atoms with E-state index in [9.17, 15) is 9.90 Å². The van der Waals surface area contributed by atoms with Crippen molar-refractivity contribution in [3.8, 4) is 28.5 Å². The number of aromatic amines is 1. The summed E-state index contributed by atoms with van der Waals surface area (Å²) in [6.07, 6.45) is 2.70. The minimum Gasteiger partial charge on any atom is -0.507 e. The third kappa shape index (κ3) is 4.98. The number of phenols is 1.